The van der Waals surface area contributed by atoms with Gasteiger partial charge in [0.1, 0.15) is 12.6 Å². The van der Waals surface area contributed by atoms with Crippen molar-refractivity contribution in [3.05, 3.63) is 16.4 Å². The van der Waals surface area contributed by atoms with Crippen molar-refractivity contribution < 1.29 is 19.2 Å². The van der Waals surface area contributed by atoms with E-state index >= 15 is 0 Å². The number of carboxylic acid groups (broad SMARTS) is 1. The van der Waals surface area contributed by atoms with Crippen LogP contribution < -0.4 is 11.5 Å². The molecule has 4 N–H and O–H groups in total. The Bertz CT molecular complexity index is 356. The lowest BCUT2D eigenvalue weighted by atomic mass is 10.3. The Hall–Kier alpha value is -1.67. The number of nitrogens with zero attached hydrogens (tertiary/aromatic N) is 1. The normalized spacial score (nSPS) is 12.6. The van der Waals surface area contributed by atoms with Gasteiger partial charge in [-0.15, -0.1) is 0 Å². The fourth-order valence-electron chi connectivity index (χ4n) is 0.676. The van der Waals surface area contributed by atoms with Crippen molar-refractivity contribution >= 4 is 5.97 Å². The number of carboxylic acids is 1. The zero-order valence-corrected chi connectivity index (χ0v) is 7.10. The van der Waals surface area contributed by atoms with Gasteiger partial charge < -0.3 is 15.6 Å². The van der Waals surface area contributed by atoms with Crippen molar-refractivity contribution in [1.29, 1.82) is 0 Å². The molecule has 0 saturated carbocycles. The van der Waals surface area contributed by atoms with E-state index in [0.29, 0.717) is 0 Å². The monoisotopic (exact) mass is 203 g/mol. The number of rotatable bonds is 5. The fourth-order valence-corrected chi connectivity index (χ4v) is 0.676. The van der Waals surface area contributed by atoms with Gasteiger partial charge in [-0.1, -0.05) is 5.16 Å². The highest BCUT2D eigenvalue weighted by molar-refractivity contribution is 5.73. The minimum absolute atomic E-state index is 0.0489. The number of hydrogen-bond acceptors (Lipinski definition) is 6. The Labute approximate surface area is 77.6 Å². The molecule has 0 aliphatic heterocycles. The largest absolute Gasteiger partial charge is 0.480 e. The minimum Gasteiger partial charge on any atom is -0.480 e. The number of carbonyl (C=O) groups is 1. The Balaban J connectivity index is 2.28. The summed E-state index contributed by atoms with van der Waals surface area (Å²) >= 11 is 0. The van der Waals surface area contributed by atoms with Gasteiger partial charge in [-0.3, -0.25) is 14.3 Å². The number of nitrogens with one attached hydrogen (secondary N) is 1. The van der Waals surface area contributed by atoms with Crippen molar-refractivity contribution in [2.45, 2.75) is 12.6 Å². The topological polar surface area (TPSA) is 131 Å². The Kier molecular flexibility index (Phi) is 3.37. The number of hydrogen-bond donors (Lipinski definition) is 3. The SMILES string of the molecule is NC(COCc1noc(=O)[nH]1)C(=O)O. The highest BCUT2D eigenvalue weighted by Crippen LogP contribution is 1.90. The molecule has 1 unspecified atom stereocenters. The number of aromatic amines is 1. The third-order valence-electron chi connectivity index (χ3n) is 1.34. The Morgan fingerprint density at radius 2 is 2.50 bits per heavy atom. The second kappa shape index (κ2) is 4.53. The van der Waals surface area contributed by atoms with Gasteiger partial charge in [0.25, 0.3) is 0 Å². The molecule has 0 aromatic carbocycles. The van der Waals surface area contributed by atoms with Crippen LogP contribution >= 0.6 is 0 Å². The third kappa shape index (κ3) is 2.99. The van der Waals surface area contributed by atoms with Crippen LogP contribution in [-0.4, -0.2) is 33.9 Å². The van der Waals surface area contributed by atoms with Gasteiger partial charge in [-0.25, -0.2) is 4.79 Å². The summed E-state index contributed by atoms with van der Waals surface area (Å²) in [7, 11) is 0. The molecule has 0 bridgehead atoms. The molecule has 8 nitrogen and oxygen atoms in total. The first-order chi connectivity index (χ1) is 6.59. The summed E-state index contributed by atoms with van der Waals surface area (Å²) in [5.41, 5.74) is 5.15. The molecule has 1 heterocycles. The lowest BCUT2D eigenvalue weighted by Gasteiger charge is -2.05. The van der Waals surface area contributed by atoms with Crippen LogP contribution in [0.15, 0.2) is 9.32 Å². The summed E-state index contributed by atoms with van der Waals surface area (Å²) in [6, 6.07) is -1.09. The standard InChI is InChI=1S/C6H9N3O5/c7-3(5(10)11)1-13-2-4-8-6(12)14-9-4/h3H,1-2,7H2,(H,10,11)(H,8,9,12). The van der Waals surface area contributed by atoms with Gasteiger partial charge >= 0.3 is 11.7 Å². The van der Waals surface area contributed by atoms with E-state index in [9.17, 15) is 9.59 Å². The average Bonchev–Trinajstić information content (AvgIpc) is 2.51. The van der Waals surface area contributed by atoms with Crippen LogP contribution in [0.2, 0.25) is 0 Å². The summed E-state index contributed by atoms with van der Waals surface area (Å²) in [6.07, 6.45) is 0. The lowest BCUT2D eigenvalue weighted by Crippen LogP contribution is -2.34. The minimum atomic E-state index is -1.15. The number of aliphatic carboxylic acids is 1. The van der Waals surface area contributed by atoms with Crippen LogP contribution in [0.4, 0.5) is 0 Å². The van der Waals surface area contributed by atoms with E-state index in [1.54, 1.807) is 0 Å². The highest BCUT2D eigenvalue weighted by atomic mass is 16.5. The van der Waals surface area contributed by atoms with Crippen molar-refractivity contribution in [2.75, 3.05) is 6.61 Å². The molecule has 0 fully saturated rings. The molecule has 1 aromatic rings. The third-order valence-corrected chi connectivity index (χ3v) is 1.34. The predicted molar refractivity (Wildman–Crippen MR) is 42.4 cm³/mol. The van der Waals surface area contributed by atoms with Crippen LogP contribution in [0.1, 0.15) is 5.82 Å². The van der Waals surface area contributed by atoms with Crippen LogP contribution in [0.5, 0.6) is 0 Å². The first kappa shape index (κ1) is 10.4. The smallest absolute Gasteiger partial charge is 0.438 e. The van der Waals surface area contributed by atoms with Gasteiger partial charge in [-0.05, 0) is 0 Å². The maximum atomic E-state index is 10.4. The molecule has 0 aliphatic carbocycles. The number of nitrogens with two attached hydrogens (primary N) is 1. The zero-order valence-electron chi connectivity index (χ0n) is 7.10. The molecule has 0 aliphatic rings. The summed E-state index contributed by atoms with van der Waals surface area (Å²) in [5, 5.41) is 11.7. The van der Waals surface area contributed by atoms with Crippen molar-refractivity contribution in [3.8, 4) is 0 Å². The molecule has 1 rings (SSSR count). The first-order valence-electron chi connectivity index (χ1n) is 3.70. The summed E-state index contributed by atoms with van der Waals surface area (Å²) < 4.78 is 9.04. The van der Waals surface area contributed by atoms with Crippen molar-refractivity contribution in [3.63, 3.8) is 0 Å². The van der Waals surface area contributed by atoms with Crippen LogP contribution in [0, 0.1) is 0 Å². The lowest BCUT2D eigenvalue weighted by molar-refractivity contribution is -0.140. The number of ether oxygens (including phenoxy) is 1. The average molecular weight is 203 g/mol. The molecule has 1 aromatic heterocycles. The quantitative estimate of drug-likeness (QED) is 0.519. The number of aromatic nitrogens is 2. The van der Waals surface area contributed by atoms with E-state index in [4.69, 9.17) is 15.6 Å². The van der Waals surface area contributed by atoms with E-state index in [-0.39, 0.29) is 19.0 Å². The second-order valence-electron chi connectivity index (χ2n) is 2.50. The summed E-state index contributed by atoms with van der Waals surface area (Å²) in [6.45, 7) is -0.211. The molecule has 78 valence electrons. The van der Waals surface area contributed by atoms with Crippen LogP contribution in [0.25, 0.3) is 0 Å². The first-order valence-corrected chi connectivity index (χ1v) is 3.70. The zero-order chi connectivity index (χ0) is 10.6. The molecule has 8 heteroatoms. The molecule has 0 radical (unpaired) electrons. The van der Waals surface area contributed by atoms with Crippen LogP contribution in [-0.2, 0) is 16.1 Å². The van der Waals surface area contributed by atoms with E-state index in [2.05, 4.69) is 14.7 Å². The molecule has 0 spiro atoms. The molecular formula is C6H9N3O5. The fraction of sp³-hybridized carbons (Fsp3) is 0.500. The van der Waals surface area contributed by atoms with E-state index < -0.39 is 17.8 Å². The molecule has 14 heavy (non-hydrogen) atoms. The maximum Gasteiger partial charge on any atom is 0.438 e. The second-order valence-corrected chi connectivity index (χ2v) is 2.50. The predicted octanol–water partition coefficient (Wildman–Crippen LogP) is -1.71. The molecule has 0 saturated heterocycles. The summed E-state index contributed by atoms with van der Waals surface area (Å²) in [5.74, 6) is -1.66. The maximum absolute atomic E-state index is 10.4. The number of H-pyrrole nitrogens is 1. The van der Waals surface area contributed by atoms with Crippen molar-refractivity contribution in [1.82, 2.24) is 10.1 Å². The molecule has 1 atom stereocenters. The van der Waals surface area contributed by atoms with E-state index in [1.165, 1.54) is 0 Å². The van der Waals surface area contributed by atoms with E-state index in [0.717, 1.165) is 0 Å². The highest BCUT2D eigenvalue weighted by Gasteiger charge is 2.11. The summed E-state index contributed by atoms with van der Waals surface area (Å²) in [4.78, 5) is 22.9. The van der Waals surface area contributed by atoms with Crippen LogP contribution in [0.3, 0.4) is 0 Å². The van der Waals surface area contributed by atoms with Crippen molar-refractivity contribution in [2.24, 2.45) is 5.73 Å². The molecular weight excluding hydrogens is 194 g/mol. The Morgan fingerprint density at radius 3 is 3.00 bits per heavy atom. The van der Waals surface area contributed by atoms with E-state index in [1.807, 2.05) is 0 Å². The van der Waals surface area contributed by atoms with Gasteiger partial charge in [-0.2, -0.15) is 0 Å². The van der Waals surface area contributed by atoms with Gasteiger partial charge in [0.2, 0.25) is 0 Å². The molecule has 0 amide bonds. The van der Waals surface area contributed by atoms with Gasteiger partial charge in [0.15, 0.2) is 5.82 Å². The van der Waals surface area contributed by atoms with Gasteiger partial charge in [0.05, 0.1) is 6.61 Å². The Morgan fingerprint density at radius 1 is 1.79 bits per heavy atom. The van der Waals surface area contributed by atoms with Gasteiger partial charge in [0, 0.05) is 0 Å².